The predicted molar refractivity (Wildman–Crippen MR) is 105 cm³/mol. The van der Waals surface area contributed by atoms with Gasteiger partial charge in [0.05, 0.1) is 12.2 Å². The van der Waals surface area contributed by atoms with Gasteiger partial charge in [-0.3, -0.25) is 14.4 Å². The summed E-state index contributed by atoms with van der Waals surface area (Å²) in [5, 5.41) is 4.52. The first kappa shape index (κ1) is 18.5. The Morgan fingerprint density at radius 3 is 2.23 bits per heavy atom. The maximum absolute atomic E-state index is 12.7. The van der Waals surface area contributed by atoms with Crippen LogP contribution in [-0.2, 0) is 6.54 Å². The van der Waals surface area contributed by atoms with Crippen molar-refractivity contribution in [3.63, 3.8) is 0 Å². The second kappa shape index (κ2) is 7.91. The van der Waals surface area contributed by atoms with Crippen LogP contribution in [0.1, 0.15) is 21.7 Å². The molecule has 140 valence electrons. The molecule has 0 unspecified atom stereocenters. The maximum Gasteiger partial charge on any atom is 0.253 e. The van der Waals surface area contributed by atoms with Crippen molar-refractivity contribution in [2.75, 3.05) is 51.7 Å². The van der Waals surface area contributed by atoms with E-state index in [0.29, 0.717) is 0 Å². The van der Waals surface area contributed by atoms with Gasteiger partial charge in [-0.25, -0.2) is 0 Å². The van der Waals surface area contributed by atoms with E-state index in [1.165, 1.54) is 5.69 Å². The third kappa shape index (κ3) is 4.25. The summed E-state index contributed by atoms with van der Waals surface area (Å²) >= 11 is 0. The van der Waals surface area contributed by atoms with Gasteiger partial charge in [-0.15, -0.1) is 0 Å². The van der Waals surface area contributed by atoms with Gasteiger partial charge in [0.25, 0.3) is 5.91 Å². The third-order valence-electron chi connectivity index (χ3n) is 5.02. The van der Waals surface area contributed by atoms with E-state index in [1.807, 2.05) is 55.1 Å². The van der Waals surface area contributed by atoms with Crippen molar-refractivity contribution in [1.29, 1.82) is 0 Å². The average molecular weight is 355 g/mol. The van der Waals surface area contributed by atoms with Crippen LogP contribution < -0.4 is 4.90 Å². The Morgan fingerprint density at radius 1 is 1.04 bits per heavy atom. The number of carbonyl (C=O) groups is 1. The molecule has 2 heterocycles. The van der Waals surface area contributed by atoms with Crippen LogP contribution in [0.2, 0.25) is 0 Å². The van der Waals surface area contributed by atoms with Crippen LogP contribution in [0, 0.1) is 13.8 Å². The molecule has 0 saturated carbocycles. The molecule has 0 atom stereocenters. The van der Waals surface area contributed by atoms with Gasteiger partial charge in [0.1, 0.15) is 0 Å². The highest BCUT2D eigenvalue weighted by atomic mass is 16.2. The van der Waals surface area contributed by atoms with Gasteiger partial charge < -0.3 is 9.80 Å². The number of hydrogen-bond acceptors (Lipinski definition) is 4. The van der Waals surface area contributed by atoms with E-state index in [4.69, 9.17) is 0 Å². The predicted octanol–water partition coefficient (Wildman–Crippen LogP) is 2.02. The van der Waals surface area contributed by atoms with Crippen molar-refractivity contribution < 1.29 is 4.79 Å². The van der Waals surface area contributed by atoms with Crippen LogP contribution in [0.4, 0.5) is 5.69 Å². The lowest BCUT2D eigenvalue weighted by molar-refractivity contribution is 0.0632. The summed E-state index contributed by atoms with van der Waals surface area (Å²) in [6.07, 6.45) is 0. The quantitative estimate of drug-likeness (QED) is 0.823. The number of amides is 1. The van der Waals surface area contributed by atoms with Crippen molar-refractivity contribution in [3.8, 4) is 0 Å². The van der Waals surface area contributed by atoms with Crippen LogP contribution >= 0.6 is 0 Å². The van der Waals surface area contributed by atoms with Crippen molar-refractivity contribution in [2.45, 2.75) is 20.4 Å². The first-order chi connectivity index (χ1) is 12.4. The van der Waals surface area contributed by atoms with E-state index in [2.05, 4.69) is 27.7 Å². The minimum absolute atomic E-state index is 0.133. The topological polar surface area (TPSA) is 44.6 Å². The summed E-state index contributed by atoms with van der Waals surface area (Å²) in [5.41, 5.74) is 4.15. The van der Waals surface area contributed by atoms with Crippen LogP contribution in [0.25, 0.3) is 0 Å². The fourth-order valence-electron chi connectivity index (χ4n) is 3.40. The van der Waals surface area contributed by atoms with Gasteiger partial charge in [-0.1, -0.05) is 0 Å². The number of benzene rings is 1. The molecular formula is C20H29N5O. The third-order valence-corrected chi connectivity index (χ3v) is 5.02. The number of hydrogen-bond donors (Lipinski definition) is 0. The summed E-state index contributed by atoms with van der Waals surface area (Å²) in [6.45, 7) is 9.40. The summed E-state index contributed by atoms with van der Waals surface area (Å²) in [4.78, 5) is 19.1. The van der Waals surface area contributed by atoms with Crippen molar-refractivity contribution in [1.82, 2.24) is 19.6 Å². The van der Waals surface area contributed by atoms with Gasteiger partial charge in [-0.2, -0.15) is 5.10 Å². The second-order valence-corrected chi connectivity index (χ2v) is 7.23. The lowest BCUT2D eigenvalue weighted by Crippen LogP contribution is -2.49. The van der Waals surface area contributed by atoms with E-state index in [1.54, 1.807) is 0 Å². The highest BCUT2D eigenvalue weighted by Gasteiger charge is 2.22. The molecule has 0 aliphatic carbocycles. The highest BCUT2D eigenvalue weighted by Crippen LogP contribution is 2.15. The van der Waals surface area contributed by atoms with Crippen LogP contribution in [0.15, 0.2) is 30.3 Å². The van der Waals surface area contributed by atoms with Crippen LogP contribution in [0.5, 0.6) is 0 Å². The molecule has 1 saturated heterocycles. The molecule has 6 nitrogen and oxygen atoms in total. The van der Waals surface area contributed by atoms with Crippen molar-refractivity contribution >= 4 is 11.6 Å². The molecule has 0 spiro atoms. The van der Waals surface area contributed by atoms with Gasteiger partial charge in [-0.05, 0) is 44.2 Å². The molecule has 3 rings (SSSR count). The Balaban J connectivity index is 1.49. The molecule has 2 aromatic rings. The molecule has 1 aliphatic heterocycles. The smallest absolute Gasteiger partial charge is 0.253 e. The SMILES string of the molecule is Cc1cc(C)n(CCN2CCN(C(=O)c3ccc(N(C)C)cc3)CC2)n1. The van der Waals surface area contributed by atoms with E-state index in [0.717, 1.165) is 56.2 Å². The van der Waals surface area contributed by atoms with Crippen molar-refractivity contribution in [2.24, 2.45) is 0 Å². The molecule has 6 heteroatoms. The van der Waals surface area contributed by atoms with Crippen LogP contribution in [0.3, 0.4) is 0 Å². The number of nitrogens with zero attached hydrogens (tertiary/aromatic N) is 5. The average Bonchev–Trinajstić information content (AvgIpc) is 2.97. The van der Waals surface area contributed by atoms with E-state index in [-0.39, 0.29) is 5.91 Å². The number of rotatable bonds is 5. The lowest BCUT2D eigenvalue weighted by atomic mass is 10.1. The minimum atomic E-state index is 0.133. The molecule has 0 N–H and O–H groups in total. The largest absolute Gasteiger partial charge is 0.378 e. The van der Waals surface area contributed by atoms with Crippen LogP contribution in [-0.4, -0.2) is 72.3 Å². The molecule has 1 aromatic carbocycles. The number of piperazine rings is 1. The normalized spacial score (nSPS) is 15.3. The summed E-state index contributed by atoms with van der Waals surface area (Å²) in [5.74, 6) is 0.133. The fraction of sp³-hybridized carbons (Fsp3) is 0.500. The second-order valence-electron chi connectivity index (χ2n) is 7.23. The molecular weight excluding hydrogens is 326 g/mol. The Morgan fingerprint density at radius 2 is 1.69 bits per heavy atom. The zero-order valence-electron chi connectivity index (χ0n) is 16.3. The molecule has 1 fully saturated rings. The zero-order valence-corrected chi connectivity index (χ0v) is 16.3. The van der Waals surface area contributed by atoms with Gasteiger partial charge >= 0.3 is 0 Å². The van der Waals surface area contributed by atoms with Gasteiger partial charge in [0, 0.05) is 63.8 Å². The summed E-state index contributed by atoms with van der Waals surface area (Å²) < 4.78 is 2.07. The fourth-order valence-corrected chi connectivity index (χ4v) is 3.40. The monoisotopic (exact) mass is 355 g/mol. The van der Waals surface area contributed by atoms with Gasteiger partial charge in [0.15, 0.2) is 0 Å². The lowest BCUT2D eigenvalue weighted by Gasteiger charge is -2.34. The number of anilines is 1. The molecule has 1 amide bonds. The molecule has 1 aliphatic rings. The van der Waals surface area contributed by atoms with Gasteiger partial charge in [0.2, 0.25) is 0 Å². The standard InChI is InChI=1S/C20H29N5O/c1-16-15-17(2)25(21-16)14-11-23-9-12-24(13-10-23)20(26)18-5-7-19(8-6-18)22(3)4/h5-8,15H,9-14H2,1-4H3. The molecule has 26 heavy (non-hydrogen) atoms. The van der Waals surface area contributed by atoms with E-state index < -0.39 is 0 Å². The first-order valence-electron chi connectivity index (χ1n) is 9.24. The maximum atomic E-state index is 12.7. The molecule has 0 bridgehead atoms. The number of carbonyl (C=O) groups excluding carboxylic acids is 1. The zero-order chi connectivity index (χ0) is 18.7. The summed E-state index contributed by atoms with van der Waals surface area (Å²) in [7, 11) is 4.00. The van der Waals surface area contributed by atoms with E-state index in [9.17, 15) is 4.79 Å². The Labute approximate surface area is 156 Å². The highest BCUT2D eigenvalue weighted by molar-refractivity contribution is 5.94. The van der Waals surface area contributed by atoms with Crippen molar-refractivity contribution in [3.05, 3.63) is 47.3 Å². The number of aromatic nitrogens is 2. The summed E-state index contributed by atoms with van der Waals surface area (Å²) in [6, 6.07) is 9.95. The van der Waals surface area contributed by atoms with E-state index >= 15 is 0 Å². The minimum Gasteiger partial charge on any atom is -0.378 e. The Hall–Kier alpha value is -2.34. The molecule has 0 radical (unpaired) electrons. The Bertz CT molecular complexity index is 742. The Kier molecular flexibility index (Phi) is 5.61. The first-order valence-corrected chi connectivity index (χ1v) is 9.24. The molecule has 1 aromatic heterocycles. The number of aryl methyl sites for hydroxylation is 2.